The number of anilines is 1. The second-order valence-corrected chi connectivity index (χ2v) is 6.89. The third-order valence-electron chi connectivity index (χ3n) is 4.13. The number of halogens is 3. The average Bonchev–Trinajstić information content (AvgIpc) is 3.23. The molecule has 0 radical (unpaired) electrons. The number of aromatic nitrogens is 4. The number of nitrogens with zero attached hydrogens (tertiary/aromatic N) is 4. The SMILES string of the molecule is CCn1ncc(Cn2cc(NC(=O)c3cc(Br)ccc3OC(F)F)cn2)c1C. The van der Waals surface area contributed by atoms with E-state index in [1.165, 1.54) is 24.4 Å². The lowest BCUT2D eigenvalue weighted by Crippen LogP contribution is -2.15. The lowest BCUT2D eigenvalue weighted by atomic mass is 10.2. The first-order valence-electron chi connectivity index (χ1n) is 8.46. The third-order valence-corrected chi connectivity index (χ3v) is 4.62. The van der Waals surface area contributed by atoms with Gasteiger partial charge in [-0.1, -0.05) is 15.9 Å². The number of nitrogens with one attached hydrogen (secondary N) is 1. The number of carbonyl (C=O) groups excluding carboxylic acids is 1. The highest BCUT2D eigenvalue weighted by Crippen LogP contribution is 2.26. The Morgan fingerprint density at radius 2 is 2.11 bits per heavy atom. The molecule has 2 heterocycles. The van der Waals surface area contributed by atoms with Crippen molar-refractivity contribution in [1.82, 2.24) is 19.6 Å². The summed E-state index contributed by atoms with van der Waals surface area (Å²) in [5.74, 6) is -0.780. The number of rotatable bonds is 7. The number of ether oxygens (including phenoxy) is 1. The molecule has 148 valence electrons. The molecule has 28 heavy (non-hydrogen) atoms. The van der Waals surface area contributed by atoms with Gasteiger partial charge in [-0.15, -0.1) is 0 Å². The minimum absolute atomic E-state index is 0.0116. The molecule has 0 aliphatic heterocycles. The molecule has 3 rings (SSSR count). The van der Waals surface area contributed by atoms with Crippen LogP contribution in [0.15, 0.2) is 41.3 Å². The van der Waals surface area contributed by atoms with Crippen LogP contribution in [-0.2, 0) is 13.1 Å². The highest BCUT2D eigenvalue weighted by Gasteiger charge is 2.17. The van der Waals surface area contributed by atoms with E-state index in [1.807, 2.05) is 18.5 Å². The monoisotopic (exact) mass is 453 g/mol. The topological polar surface area (TPSA) is 74.0 Å². The zero-order chi connectivity index (χ0) is 20.3. The first-order valence-corrected chi connectivity index (χ1v) is 9.26. The lowest BCUT2D eigenvalue weighted by Gasteiger charge is -2.10. The predicted molar refractivity (Wildman–Crippen MR) is 103 cm³/mol. The van der Waals surface area contributed by atoms with Crippen molar-refractivity contribution in [2.24, 2.45) is 0 Å². The minimum atomic E-state index is -3.03. The molecule has 1 amide bonds. The highest BCUT2D eigenvalue weighted by molar-refractivity contribution is 9.10. The molecule has 10 heteroatoms. The Labute approximate surface area is 168 Å². The fourth-order valence-electron chi connectivity index (χ4n) is 2.73. The van der Waals surface area contributed by atoms with Crippen LogP contribution in [0, 0.1) is 6.92 Å². The van der Waals surface area contributed by atoms with Gasteiger partial charge < -0.3 is 10.1 Å². The number of alkyl halides is 2. The number of hydrogen-bond acceptors (Lipinski definition) is 4. The van der Waals surface area contributed by atoms with Crippen molar-refractivity contribution in [1.29, 1.82) is 0 Å². The van der Waals surface area contributed by atoms with Crippen LogP contribution < -0.4 is 10.1 Å². The quantitative estimate of drug-likeness (QED) is 0.584. The lowest BCUT2D eigenvalue weighted by molar-refractivity contribution is -0.0501. The Balaban J connectivity index is 1.74. The van der Waals surface area contributed by atoms with E-state index in [4.69, 9.17) is 0 Å². The molecule has 7 nitrogen and oxygen atoms in total. The first-order chi connectivity index (χ1) is 13.4. The molecule has 0 unspecified atom stereocenters. The van der Waals surface area contributed by atoms with Crippen LogP contribution in [-0.4, -0.2) is 32.1 Å². The molecule has 3 aromatic rings. The number of aryl methyl sites for hydroxylation is 1. The van der Waals surface area contributed by atoms with Crippen LogP contribution in [0.3, 0.4) is 0 Å². The number of benzene rings is 1. The van der Waals surface area contributed by atoms with E-state index in [0.29, 0.717) is 16.7 Å². The van der Waals surface area contributed by atoms with E-state index >= 15 is 0 Å². The van der Waals surface area contributed by atoms with Crippen molar-refractivity contribution in [2.75, 3.05) is 5.32 Å². The maximum Gasteiger partial charge on any atom is 0.387 e. The Hall–Kier alpha value is -2.75. The van der Waals surface area contributed by atoms with Crippen LogP contribution in [0.2, 0.25) is 0 Å². The largest absolute Gasteiger partial charge is 0.434 e. The van der Waals surface area contributed by atoms with Crippen LogP contribution in [0.25, 0.3) is 0 Å². The predicted octanol–water partition coefficient (Wildman–Crippen LogP) is 4.07. The van der Waals surface area contributed by atoms with Gasteiger partial charge in [0, 0.05) is 28.5 Å². The Morgan fingerprint density at radius 1 is 1.32 bits per heavy atom. The zero-order valence-electron chi connectivity index (χ0n) is 15.2. The maximum absolute atomic E-state index is 12.6. The number of hydrogen-bond donors (Lipinski definition) is 1. The summed E-state index contributed by atoms with van der Waals surface area (Å²) < 4.78 is 33.7. The summed E-state index contributed by atoms with van der Waals surface area (Å²) in [7, 11) is 0. The van der Waals surface area contributed by atoms with Gasteiger partial charge in [0.2, 0.25) is 0 Å². The highest BCUT2D eigenvalue weighted by atomic mass is 79.9. The molecular weight excluding hydrogens is 436 g/mol. The Morgan fingerprint density at radius 3 is 2.79 bits per heavy atom. The van der Waals surface area contributed by atoms with Crippen LogP contribution >= 0.6 is 15.9 Å². The standard InChI is InChI=1S/C18H18BrF2N5O2/c1-3-26-11(2)12(7-23-26)9-25-10-14(8-22-25)24-17(27)15-6-13(19)4-5-16(15)28-18(20)21/h4-8,10,18H,3,9H2,1-2H3,(H,24,27). The van der Waals surface area contributed by atoms with Gasteiger partial charge in [0.1, 0.15) is 5.75 Å². The molecule has 0 spiro atoms. The summed E-state index contributed by atoms with van der Waals surface area (Å²) in [5.41, 5.74) is 2.49. The fourth-order valence-corrected chi connectivity index (χ4v) is 3.09. The van der Waals surface area contributed by atoms with Gasteiger partial charge in [0.15, 0.2) is 0 Å². The van der Waals surface area contributed by atoms with Crippen LogP contribution in [0.5, 0.6) is 5.75 Å². The van der Waals surface area contributed by atoms with E-state index in [2.05, 4.69) is 36.2 Å². The maximum atomic E-state index is 12.6. The van der Waals surface area contributed by atoms with Crippen molar-refractivity contribution in [3.63, 3.8) is 0 Å². The van der Waals surface area contributed by atoms with Gasteiger partial charge in [-0.25, -0.2) is 0 Å². The molecule has 1 N–H and O–H groups in total. The van der Waals surface area contributed by atoms with E-state index in [9.17, 15) is 13.6 Å². The Kier molecular flexibility index (Phi) is 6.08. The van der Waals surface area contributed by atoms with Gasteiger partial charge in [0.25, 0.3) is 5.91 Å². The third kappa shape index (κ3) is 4.56. The van der Waals surface area contributed by atoms with Crippen molar-refractivity contribution in [3.05, 3.63) is 58.1 Å². The zero-order valence-corrected chi connectivity index (χ0v) is 16.8. The summed E-state index contributed by atoms with van der Waals surface area (Å²) >= 11 is 3.22. The van der Waals surface area contributed by atoms with E-state index in [0.717, 1.165) is 17.8 Å². The molecular formula is C18H18BrF2N5O2. The van der Waals surface area contributed by atoms with Crippen molar-refractivity contribution < 1.29 is 18.3 Å². The summed E-state index contributed by atoms with van der Waals surface area (Å²) in [6, 6.07) is 4.24. The van der Waals surface area contributed by atoms with Crippen molar-refractivity contribution in [3.8, 4) is 5.75 Å². The second-order valence-electron chi connectivity index (χ2n) is 5.97. The van der Waals surface area contributed by atoms with Crippen LogP contribution in [0.4, 0.5) is 14.5 Å². The summed E-state index contributed by atoms with van der Waals surface area (Å²) in [5, 5.41) is 11.2. The number of amides is 1. The average molecular weight is 454 g/mol. The smallest absolute Gasteiger partial charge is 0.387 e. The second kappa shape index (κ2) is 8.51. The van der Waals surface area contributed by atoms with Gasteiger partial charge >= 0.3 is 6.61 Å². The fraction of sp³-hybridized carbons (Fsp3) is 0.278. The molecule has 0 bridgehead atoms. The normalized spacial score (nSPS) is 11.1. The van der Waals surface area contributed by atoms with Crippen LogP contribution in [0.1, 0.15) is 28.5 Å². The summed E-state index contributed by atoms with van der Waals surface area (Å²) in [6.45, 7) is 2.25. The van der Waals surface area contributed by atoms with Crippen molar-refractivity contribution in [2.45, 2.75) is 33.5 Å². The summed E-state index contributed by atoms with van der Waals surface area (Å²) in [6.07, 6.45) is 4.93. The van der Waals surface area contributed by atoms with Gasteiger partial charge in [0.05, 0.1) is 30.2 Å². The molecule has 2 aromatic heterocycles. The van der Waals surface area contributed by atoms with Gasteiger partial charge in [-0.2, -0.15) is 19.0 Å². The molecule has 0 aliphatic carbocycles. The van der Waals surface area contributed by atoms with Gasteiger partial charge in [-0.05, 0) is 32.0 Å². The summed E-state index contributed by atoms with van der Waals surface area (Å²) in [4.78, 5) is 12.5. The van der Waals surface area contributed by atoms with Crippen molar-refractivity contribution >= 4 is 27.5 Å². The molecule has 0 saturated heterocycles. The van der Waals surface area contributed by atoms with E-state index in [1.54, 1.807) is 17.1 Å². The molecule has 1 aromatic carbocycles. The van der Waals surface area contributed by atoms with E-state index in [-0.39, 0.29) is 11.3 Å². The molecule has 0 saturated carbocycles. The number of carbonyl (C=O) groups is 1. The Bertz CT molecular complexity index is 986. The first kappa shape index (κ1) is 20.0. The molecule has 0 aliphatic rings. The molecule has 0 atom stereocenters. The molecule has 0 fully saturated rings. The minimum Gasteiger partial charge on any atom is -0.434 e. The van der Waals surface area contributed by atoms with E-state index < -0.39 is 12.5 Å². The van der Waals surface area contributed by atoms with Gasteiger partial charge in [-0.3, -0.25) is 14.2 Å².